The summed E-state index contributed by atoms with van der Waals surface area (Å²) in [5, 5.41) is 3.08. The van der Waals surface area contributed by atoms with Gasteiger partial charge in [0.2, 0.25) is 0 Å². The predicted molar refractivity (Wildman–Crippen MR) is 98.5 cm³/mol. The highest BCUT2D eigenvalue weighted by atomic mass is 16.2. The predicted octanol–water partition coefficient (Wildman–Crippen LogP) is 4.80. The van der Waals surface area contributed by atoms with Gasteiger partial charge in [0, 0.05) is 30.2 Å². The van der Waals surface area contributed by atoms with Crippen molar-refractivity contribution in [3.05, 3.63) is 52.8 Å². The largest absolute Gasteiger partial charge is 0.345 e. The Labute approximate surface area is 144 Å². The molecule has 128 valence electrons. The summed E-state index contributed by atoms with van der Waals surface area (Å²) in [5.74, 6) is 0. The minimum absolute atomic E-state index is 0.00167. The van der Waals surface area contributed by atoms with Gasteiger partial charge in [-0.05, 0) is 62.6 Å². The molecule has 0 fully saturated rings. The van der Waals surface area contributed by atoms with E-state index in [0.29, 0.717) is 0 Å². The lowest BCUT2D eigenvalue weighted by atomic mass is 10.0. The van der Waals surface area contributed by atoms with E-state index in [0.717, 1.165) is 31.6 Å². The van der Waals surface area contributed by atoms with Crippen molar-refractivity contribution < 1.29 is 4.79 Å². The summed E-state index contributed by atoms with van der Waals surface area (Å²) >= 11 is 0. The number of amides is 2. The van der Waals surface area contributed by atoms with Crippen LogP contribution in [0.15, 0.2) is 30.3 Å². The molecular formula is C20H27N3O. The number of hydrogen-bond acceptors (Lipinski definition) is 1. The molecule has 2 aromatic rings. The maximum atomic E-state index is 12.9. The Bertz CT molecular complexity index is 747. The first-order valence-corrected chi connectivity index (χ1v) is 8.82. The van der Waals surface area contributed by atoms with Crippen LogP contribution in [0, 0.1) is 20.8 Å². The van der Waals surface area contributed by atoms with Crippen molar-refractivity contribution in [1.82, 2.24) is 9.47 Å². The summed E-state index contributed by atoms with van der Waals surface area (Å²) in [4.78, 5) is 14.9. The average molecular weight is 325 g/mol. The Morgan fingerprint density at radius 3 is 2.62 bits per heavy atom. The zero-order valence-corrected chi connectivity index (χ0v) is 15.1. The van der Waals surface area contributed by atoms with Gasteiger partial charge in [-0.25, -0.2) is 4.79 Å². The van der Waals surface area contributed by atoms with E-state index in [2.05, 4.69) is 55.8 Å². The van der Waals surface area contributed by atoms with Crippen LogP contribution in [-0.4, -0.2) is 22.0 Å². The van der Waals surface area contributed by atoms with E-state index in [9.17, 15) is 4.79 Å². The number of aromatic nitrogens is 1. The van der Waals surface area contributed by atoms with Crippen molar-refractivity contribution in [2.45, 2.75) is 53.1 Å². The summed E-state index contributed by atoms with van der Waals surface area (Å²) in [6.07, 6.45) is 2.05. The summed E-state index contributed by atoms with van der Waals surface area (Å²) in [6.45, 7) is 10.1. The van der Waals surface area contributed by atoms with E-state index in [-0.39, 0.29) is 12.1 Å². The van der Waals surface area contributed by atoms with Gasteiger partial charge < -0.3 is 14.8 Å². The first kappa shape index (κ1) is 16.6. The second-order valence-electron chi connectivity index (χ2n) is 6.78. The minimum atomic E-state index is 0.00167. The van der Waals surface area contributed by atoms with Gasteiger partial charge in [-0.2, -0.15) is 0 Å². The number of hydrogen-bond donors (Lipinski definition) is 1. The lowest BCUT2D eigenvalue weighted by Gasteiger charge is -2.37. The maximum Gasteiger partial charge on any atom is 0.322 e. The van der Waals surface area contributed by atoms with Gasteiger partial charge in [-0.3, -0.25) is 0 Å². The van der Waals surface area contributed by atoms with Gasteiger partial charge in [-0.1, -0.05) is 19.4 Å². The van der Waals surface area contributed by atoms with Crippen molar-refractivity contribution in [2.24, 2.45) is 0 Å². The third-order valence-electron chi connectivity index (χ3n) is 5.10. The molecule has 4 nitrogen and oxygen atoms in total. The molecule has 1 aliphatic heterocycles. The third-order valence-corrected chi connectivity index (χ3v) is 5.10. The molecule has 1 atom stereocenters. The Morgan fingerprint density at radius 2 is 1.92 bits per heavy atom. The highest BCUT2D eigenvalue weighted by Gasteiger charge is 2.31. The summed E-state index contributed by atoms with van der Waals surface area (Å²) in [7, 11) is 0. The molecule has 1 aromatic carbocycles. The number of nitrogens with zero attached hydrogens (tertiary/aromatic N) is 2. The van der Waals surface area contributed by atoms with Gasteiger partial charge in [0.15, 0.2) is 0 Å². The monoisotopic (exact) mass is 325 g/mol. The SMILES string of the molecule is CCC[C@@H]1c2ccc(C)n2CCN1C(=O)Nc1ccc(C)c(C)c1. The standard InChI is InChI=1S/C20H27N3O/c1-5-6-18-19-10-8-16(4)22(19)11-12-23(18)20(24)21-17-9-7-14(2)15(3)13-17/h7-10,13,18H,5-6,11-12H2,1-4H3,(H,21,24)/t18-/m1/s1. The Balaban J connectivity index is 1.81. The quantitative estimate of drug-likeness (QED) is 0.864. The van der Waals surface area contributed by atoms with Crippen LogP contribution in [0.1, 0.15) is 48.3 Å². The fourth-order valence-corrected chi connectivity index (χ4v) is 3.54. The van der Waals surface area contributed by atoms with Gasteiger partial charge in [0.05, 0.1) is 6.04 Å². The number of carbonyl (C=O) groups excluding carboxylic acids is 1. The third kappa shape index (κ3) is 3.05. The smallest absolute Gasteiger partial charge is 0.322 e. The molecule has 3 rings (SSSR count). The van der Waals surface area contributed by atoms with Crippen LogP contribution in [0.25, 0.3) is 0 Å². The number of fused-ring (bicyclic) bond motifs is 1. The molecule has 1 N–H and O–H groups in total. The number of rotatable bonds is 3. The number of nitrogens with one attached hydrogen (secondary N) is 1. The van der Waals surface area contributed by atoms with E-state index in [1.54, 1.807) is 0 Å². The summed E-state index contributed by atoms with van der Waals surface area (Å²) in [5.41, 5.74) is 5.84. The first-order chi connectivity index (χ1) is 11.5. The molecule has 0 unspecified atom stereocenters. The molecule has 0 saturated carbocycles. The second-order valence-corrected chi connectivity index (χ2v) is 6.78. The molecule has 0 spiro atoms. The van der Waals surface area contributed by atoms with Crippen LogP contribution in [0.3, 0.4) is 0 Å². The van der Waals surface area contributed by atoms with Gasteiger partial charge in [-0.15, -0.1) is 0 Å². The topological polar surface area (TPSA) is 37.3 Å². The fourth-order valence-electron chi connectivity index (χ4n) is 3.54. The molecule has 2 amide bonds. The molecule has 0 bridgehead atoms. The number of aryl methyl sites for hydroxylation is 3. The van der Waals surface area contributed by atoms with Crippen LogP contribution in [0.5, 0.6) is 0 Å². The molecule has 2 heterocycles. The van der Waals surface area contributed by atoms with Crippen LogP contribution in [0.2, 0.25) is 0 Å². The number of carbonyl (C=O) groups is 1. The summed E-state index contributed by atoms with van der Waals surface area (Å²) in [6, 6.07) is 10.6. The Hall–Kier alpha value is -2.23. The van der Waals surface area contributed by atoms with Crippen LogP contribution < -0.4 is 5.32 Å². The van der Waals surface area contributed by atoms with E-state index in [1.807, 2.05) is 17.0 Å². The Kier molecular flexibility index (Phi) is 4.65. The van der Waals surface area contributed by atoms with Crippen molar-refractivity contribution >= 4 is 11.7 Å². The second kappa shape index (κ2) is 6.71. The molecular weight excluding hydrogens is 298 g/mol. The Morgan fingerprint density at radius 1 is 1.12 bits per heavy atom. The van der Waals surface area contributed by atoms with Crippen LogP contribution >= 0.6 is 0 Å². The number of anilines is 1. The summed E-state index contributed by atoms with van der Waals surface area (Å²) < 4.78 is 2.35. The molecule has 0 radical (unpaired) electrons. The molecule has 4 heteroatoms. The number of urea groups is 1. The fraction of sp³-hybridized carbons (Fsp3) is 0.450. The first-order valence-electron chi connectivity index (χ1n) is 8.82. The van der Waals surface area contributed by atoms with Gasteiger partial charge >= 0.3 is 6.03 Å². The lowest BCUT2D eigenvalue weighted by Crippen LogP contribution is -2.44. The zero-order chi connectivity index (χ0) is 17.3. The number of benzene rings is 1. The van der Waals surface area contributed by atoms with E-state index in [1.165, 1.54) is 22.5 Å². The van der Waals surface area contributed by atoms with Crippen molar-refractivity contribution in [2.75, 3.05) is 11.9 Å². The van der Waals surface area contributed by atoms with Crippen LogP contribution in [0.4, 0.5) is 10.5 Å². The maximum absolute atomic E-state index is 12.9. The molecule has 24 heavy (non-hydrogen) atoms. The van der Waals surface area contributed by atoms with E-state index < -0.39 is 0 Å². The van der Waals surface area contributed by atoms with Crippen molar-refractivity contribution in [3.8, 4) is 0 Å². The zero-order valence-electron chi connectivity index (χ0n) is 15.1. The molecule has 1 aromatic heterocycles. The molecule has 1 aliphatic rings. The average Bonchev–Trinajstić information content (AvgIpc) is 2.93. The van der Waals surface area contributed by atoms with Gasteiger partial charge in [0.25, 0.3) is 0 Å². The van der Waals surface area contributed by atoms with Gasteiger partial charge in [0.1, 0.15) is 0 Å². The highest BCUT2D eigenvalue weighted by Crippen LogP contribution is 2.32. The van der Waals surface area contributed by atoms with E-state index in [4.69, 9.17) is 0 Å². The molecule has 0 saturated heterocycles. The minimum Gasteiger partial charge on any atom is -0.345 e. The molecule has 0 aliphatic carbocycles. The normalized spacial score (nSPS) is 16.8. The van der Waals surface area contributed by atoms with E-state index >= 15 is 0 Å². The highest BCUT2D eigenvalue weighted by molar-refractivity contribution is 5.89. The van der Waals surface area contributed by atoms with Crippen molar-refractivity contribution in [3.63, 3.8) is 0 Å². The lowest BCUT2D eigenvalue weighted by molar-refractivity contribution is 0.162. The van der Waals surface area contributed by atoms with Crippen LogP contribution in [-0.2, 0) is 6.54 Å². The van der Waals surface area contributed by atoms with Crippen molar-refractivity contribution in [1.29, 1.82) is 0 Å².